The van der Waals surface area contributed by atoms with Crippen LogP contribution in [0.2, 0.25) is 0 Å². The number of hydrogen-bond acceptors (Lipinski definition) is 6. The Morgan fingerprint density at radius 2 is 1.79 bits per heavy atom. The van der Waals surface area contributed by atoms with Crippen LogP contribution in [0.1, 0.15) is 54.0 Å². The normalized spacial score (nSPS) is 18.5. The molecule has 1 amide bonds. The fraction of sp³-hybridized carbons (Fsp3) is 0.571. The third kappa shape index (κ3) is 5.90. The van der Waals surface area contributed by atoms with Gasteiger partial charge in [0.1, 0.15) is 11.4 Å². The van der Waals surface area contributed by atoms with Crippen molar-refractivity contribution in [2.75, 3.05) is 19.4 Å². The largest absolute Gasteiger partial charge is 0.496 e. The smallest absolute Gasteiger partial charge is 0.492 e. The monoisotopic (exact) mass is 404 g/mol. The van der Waals surface area contributed by atoms with E-state index < -0.39 is 30.0 Å². The van der Waals surface area contributed by atoms with Crippen LogP contribution in [0.5, 0.6) is 5.75 Å². The van der Waals surface area contributed by atoms with Crippen LogP contribution in [0, 0.1) is 0 Å². The third-order valence-corrected chi connectivity index (χ3v) is 4.99. The average Bonchev–Trinajstić information content (AvgIpc) is 2.78. The summed E-state index contributed by atoms with van der Waals surface area (Å²) in [4.78, 5) is 12.2. The van der Waals surface area contributed by atoms with Crippen molar-refractivity contribution in [2.45, 2.75) is 65.3 Å². The minimum absolute atomic E-state index is 0.194. The summed E-state index contributed by atoms with van der Waals surface area (Å²) in [6.45, 7) is 13.6. The fourth-order valence-corrected chi connectivity index (χ4v) is 2.73. The number of ether oxygens (including phenoxy) is 2. The zero-order valence-electron chi connectivity index (χ0n) is 18.7. The second-order valence-corrected chi connectivity index (χ2v) is 9.16. The summed E-state index contributed by atoms with van der Waals surface area (Å²) >= 11 is 0. The van der Waals surface area contributed by atoms with Gasteiger partial charge in [-0.05, 0) is 66.1 Å². The first-order valence-electron chi connectivity index (χ1n) is 9.70. The maximum atomic E-state index is 12.2. The first-order valence-corrected chi connectivity index (χ1v) is 9.70. The number of nitrogens with two attached hydrogens (primary N) is 1. The van der Waals surface area contributed by atoms with Crippen LogP contribution in [-0.2, 0) is 14.0 Å². The lowest BCUT2D eigenvalue weighted by Gasteiger charge is -2.32. The first-order chi connectivity index (χ1) is 13.2. The van der Waals surface area contributed by atoms with Crippen molar-refractivity contribution in [3.63, 3.8) is 0 Å². The summed E-state index contributed by atoms with van der Waals surface area (Å²) in [7, 11) is 0.955. The zero-order valence-corrected chi connectivity index (χ0v) is 18.7. The van der Waals surface area contributed by atoms with Gasteiger partial charge < -0.3 is 29.8 Å². The van der Waals surface area contributed by atoms with Crippen LogP contribution in [0.4, 0.5) is 10.5 Å². The summed E-state index contributed by atoms with van der Waals surface area (Å²) in [5.74, 6) is 0.622. The van der Waals surface area contributed by atoms with Crippen molar-refractivity contribution in [1.82, 2.24) is 5.32 Å². The molecule has 0 aromatic heterocycles. The first kappa shape index (κ1) is 23.1. The highest BCUT2D eigenvalue weighted by Crippen LogP contribution is 2.39. The van der Waals surface area contributed by atoms with Gasteiger partial charge in [0, 0.05) is 23.9 Å². The molecule has 7 nitrogen and oxygen atoms in total. The Labute approximate surface area is 174 Å². The highest BCUT2D eigenvalue weighted by atomic mass is 16.7. The molecule has 1 aromatic carbocycles. The Kier molecular flexibility index (Phi) is 6.60. The fourth-order valence-electron chi connectivity index (χ4n) is 2.73. The molecular weight excluding hydrogens is 371 g/mol. The molecule has 1 fully saturated rings. The highest BCUT2D eigenvalue weighted by molar-refractivity contribution is 6.56. The average molecular weight is 404 g/mol. The molecule has 0 radical (unpaired) electrons. The van der Waals surface area contributed by atoms with E-state index in [1.54, 1.807) is 19.2 Å². The minimum Gasteiger partial charge on any atom is -0.496 e. The highest BCUT2D eigenvalue weighted by Gasteiger charge is 2.52. The molecule has 1 aliphatic heterocycles. The van der Waals surface area contributed by atoms with Gasteiger partial charge >= 0.3 is 13.2 Å². The van der Waals surface area contributed by atoms with E-state index in [1.807, 2.05) is 60.6 Å². The minimum atomic E-state index is -0.628. The summed E-state index contributed by atoms with van der Waals surface area (Å²) in [5, 5.41) is 2.79. The molecular formula is C21H33BN2O5. The Hall–Kier alpha value is -2.19. The molecule has 1 heterocycles. The van der Waals surface area contributed by atoms with Gasteiger partial charge in [-0.1, -0.05) is 6.08 Å². The molecule has 1 aliphatic rings. The maximum absolute atomic E-state index is 12.2. The second-order valence-electron chi connectivity index (χ2n) is 9.16. The molecule has 0 unspecified atom stereocenters. The van der Waals surface area contributed by atoms with Gasteiger partial charge in [-0.3, -0.25) is 0 Å². The van der Waals surface area contributed by atoms with Crippen LogP contribution < -0.4 is 15.8 Å². The number of methoxy groups -OCH3 is 1. The lowest BCUT2D eigenvalue weighted by molar-refractivity contribution is 0.00578. The van der Waals surface area contributed by atoms with Gasteiger partial charge in [0.15, 0.2) is 0 Å². The molecule has 1 saturated heterocycles. The van der Waals surface area contributed by atoms with E-state index in [0.29, 0.717) is 11.4 Å². The number of benzene rings is 1. The number of carbonyl (C=O) groups excluding carboxylic acids is 1. The molecule has 0 aliphatic carbocycles. The summed E-state index contributed by atoms with van der Waals surface area (Å²) in [5.41, 5.74) is 6.40. The van der Waals surface area contributed by atoms with Crippen LogP contribution in [-0.4, -0.2) is 43.7 Å². The molecule has 29 heavy (non-hydrogen) atoms. The second kappa shape index (κ2) is 8.28. The van der Waals surface area contributed by atoms with E-state index in [9.17, 15) is 4.79 Å². The van der Waals surface area contributed by atoms with E-state index in [1.165, 1.54) is 0 Å². The predicted octanol–water partition coefficient (Wildman–Crippen LogP) is 3.82. The molecule has 1 aromatic rings. The van der Waals surface area contributed by atoms with Crippen molar-refractivity contribution in [2.24, 2.45) is 0 Å². The number of anilines is 1. The number of rotatable bonds is 5. The summed E-state index contributed by atoms with van der Waals surface area (Å²) in [6, 6.07) is 5.39. The number of hydrogen-bond donors (Lipinski definition) is 2. The van der Waals surface area contributed by atoms with Gasteiger partial charge in [0.05, 0.1) is 18.3 Å². The standard InChI is InChI=1S/C21H33BN2O5/c1-19(2,3)27-18(25)24-13-15(22-28-20(4,5)21(6,7)29-22)11-14-9-10-16(23)12-17(14)26-8/h9-12H,13,23H2,1-8H3,(H,24,25). The van der Waals surface area contributed by atoms with Gasteiger partial charge in [0.2, 0.25) is 0 Å². The van der Waals surface area contributed by atoms with E-state index >= 15 is 0 Å². The number of alkyl carbamates (subject to hydrolysis) is 1. The molecule has 2 rings (SSSR count). The Morgan fingerprint density at radius 3 is 2.31 bits per heavy atom. The van der Waals surface area contributed by atoms with Crippen molar-refractivity contribution in [1.29, 1.82) is 0 Å². The van der Waals surface area contributed by atoms with Gasteiger partial charge in [-0.15, -0.1) is 0 Å². The summed E-state index contributed by atoms with van der Waals surface area (Å²) in [6.07, 6.45) is 1.38. The van der Waals surface area contributed by atoms with Crippen LogP contribution in [0.25, 0.3) is 6.08 Å². The van der Waals surface area contributed by atoms with Crippen molar-refractivity contribution >= 4 is 25.0 Å². The maximum Gasteiger partial charge on any atom is 0.492 e. The van der Waals surface area contributed by atoms with Gasteiger partial charge in [-0.25, -0.2) is 4.79 Å². The SMILES string of the molecule is COc1cc(N)ccc1C=C(CNC(=O)OC(C)(C)C)B1OC(C)(C)C(C)(C)O1. The van der Waals surface area contributed by atoms with Crippen LogP contribution in [0.15, 0.2) is 23.7 Å². The number of carbonyl (C=O) groups is 1. The lowest BCUT2D eigenvalue weighted by atomic mass is 9.77. The number of amides is 1. The zero-order chi connectivity index (χ0) is 22.0. The molecule has 8 heteroatoms. The Morgan fingerprint density at radius 1 is 1.21 bits per heavy atom. The van der Waals surface area contributed by atoms with Crippen molar-refractivity contribution < 1.29 is 23.6 Å². The Balaban J connectivity index is 2.33. The molecule has 0 saturated carbocycles. The molecule has 0 atom stereocenters. The lowest BCUT2D eigenvalue weighted by Crippen LogP contribution is -2.41. The van der Waals surface area contributed by atoms with Crippen LogP contribution >= 0.6 is 0 Å². The number of nitrogen functional groups attached to an aromatic ring is 1. The summed E-state index contributed by atoms with van der Waals surface area (Å²) < 4.78 is 23.1. The molecule has 0 spiro atoms. The predicted molar refractivity (Wildman–Crippen MR) is 116 cm³/mol. The van der Waals surface area contributed by atoms with Gasteiger partial charge in [-0.2, -0.15) is 0 Å². The molecule has 3 N–H and O–H groups in total. The van der Waals surface area contributed by atoms with Crippen molar-refractivity contribution in [3.05, 3.63) is 29.2 Å². The van der Waals surface area contributed by atoms with Crippen molar-refractivity contribution in [3.8, 4) is 5.75 Å². The van der Waals surface area contributed by atoms with Gasteiger partial charge in [0.25, 0.3) is 0 Å². The van der Waals surface area contributed by atoms with E-state index in [4.69, 9.17) is 24.5 Å². The molecule has 160 valence electrons. The quantitative estimate of drug-likeness (QED) is 0.573. The Bertz CT molecular complexity index is 768. The van der Waals surface area contributed by atoms with E-state index in [-0.39, 0.29) is 6.54 Å². The number of nitrogens with one attached hydrogen (secondary N) is 1. The van der Waals surface area contributed by atoms with Crippen LogP contribution in [0.3, 0.4) is 0 Å². The van der Waals surface area contributed by atoms with E-state index in [2.05, 4.69) is 5.32 Å². The topological polar surface area (TPSA) is 92.0 Å². The molecule has 0 bridgehead atoms. The third-order valence-electron chi connectivity index (χ3n) is 4.99. The van der Waals surface area contributed by atoms with E-state index in [0.717, 1.165) is 11.0 Å².